The molecule has 0 bridgehead atoms. The molecule has 0 spiro atoms. The average molecular weight is 850 g/mol. The quantitative estimate of drug-likeness (QED) is 0.0326. The monoisotopic (exact) mass is 849 g/mol. The van der Waals surface area contributed by atoms with Crippen molar-refractivity contribution in [3.63, 3.8) is 0 Å². The molecule has 51 heavy (non-hydrogen) atoms. The Morgan fingerprint density at radius 1 is 0.196 bits per heavy atom. The first-order chi connectivity index (χ1) is 25.1. The Labute approximate surface area is 335 Å². The van der Waals surface area contributed by atoms with Crippen molar-refractivity contribution in [3.8, 4) is 0 Å². The van der Waals surface area contributed by atoms with Crippen LogP contribution in [0, 0.1) is 0 Å². The summed E-state index contributed by atoms with van der Waals surface area (Å²) in [5, 5.41) is 0. The Balaban J connectivity index is 6.35. The van der Waals surface area contributed by atoms with E-state index in [-0.39, 0.29) is 0 Å². The SMILES string of the molecule is CCCCCCCC[PH](CCCCCCCC)(CCCCCCCC)[Pd][PH](CCCCCCCC)(CCCCCCCC)CCCCCCCC. The zero-order valence-corrected chi connectivity index (χ0v) is 40.6. The van der Waals surface area contributed by atoms with E-state index in [0.717, 1.165) is 0 Å². The molecule has 0 heterocycles. The van der Waals surface area contributed by atoms with E-state index in [2.05, 4.69) is 41.5 Å². The molecule has 0 atom stereocenters. The van der Waals surface area contributed by atoms with Crippen LogP contribution < -0.4 is 0 Å². The predicted octanol–water partition coefficient (Wildman–Crippen LogP) is 18.6. The maximum absolute atomic E-state index is 2.39. The number of hydrogen-bond donors (Lipinski definition) is 0. The first-order valence-corrected chi connectivity index (χ1v) is 34.2. The number of rotatable bonds is 44. The van der Waals surface area contributed by atoms with Crippen molar-refractivity contribution in [2.75, 3.05) is 37.0 Å². The van der Waals surface area contributed by atoms with Gasteiger partial charge in [0.25, 0.3) is 0 Å². The molecule has 0 radical (unpaired) electrons. The van der Waals surface area contributed by atoms with E-state index in [9.17, 15) is 0 Å². The molecule has 0 aromatic carbocycles. The van der Waals surface area contributed by atoms with E-state index in [4.69, 9.17) is 0 Å². The summed E-state index contributed by atoms with van der Waals surface area (Å²) in [6.07, 6.45) is 64.7. The Kier molecular flexibility index (Phi) is 42.4. The van der Waals surface area contributed by atoms with Crippen LogP contribution in [0.2, 0.25) is 0 Å². The summed E-state index contributed by atoms with van der Waals surface area (Å²) < 4.78 is 0. The second-order valence-corrected chi connectivity index (χ2v) is 38.7. The van der Waals surface area contributed by atoms with Gasteiger partial charge in [-0.3, -0.25) is 0 Å². The zero-order chi connectivity index (χ0) is 37.4. The van der Waals surface area contributed by atoms with Crippen molar-refractivity contribution in [3.05, 3.63) is 0 Å². The minimum absolute atomic E-state index is 1.21. The number of hydrogen-bond acceptors (Lipinski definition) is 0. The van der Waals surface area contributed by atoms with Crippen LogP contribution in [0.15, 0.2) is 0 Å². The fraction of sp³-hybridized carbons (Fsp3) is 1.00. The van der Waals surface area contributed by atoms with Gasteiger partial charge in [0.2, 0.25) is 0 Å². The van der Waals surface area contributed by atoms with Crippen LogP contribution >= 0.6 is 10.9 Å². The molecule has 0 N–H and O–H groups in total. The summed E-state index contributed by atoms with van der Waals surface area (Å²) in [6.45, 7) is 14.3. The molecule has 0 saturated carbocycles. The Morgan fingerprint density at radius 3 is 0.490 bits per heavy atom. The molecule has 0 saturated heterocycles. The maximum atomic E-state index is 2.39. The van der Waals surface area contributed by atoms with Crippen LogP contribution in [-0.2, 0) is 17.0 Å². The summed E-state index contributed by atoms with van der Waals surface area (Å²) in [5.41, 5.74) is -2.54. The van der Waals surface area contributed by atoms with Crippen molar-refractivity contribution in [1.29, 1.82) is 0 Å². The van der Waals surface area contributed by atoms with Gasteiger partial charge in [-0.25, -0.2) is 0 Å². The first-order valence-electron chi connectivity index (χ1n) is 24.7. The molecule has 0 aliphatic carbocycles. The molecule has 0 fully saturated rings. The van der Waals surface area contributed by atoms with E-state index in [0.29, 0.717) is 0 Å². The minimum atomic E-state index is -1.27. The van der Waals surface area contributed by atoms with Gasteiger partial charge in [0.1, 0.15) is 0 Å². The topological polar surface area (TPSA) is 0 Å². The van der Waals surface area contributed by atoms with Crippen molar-refractivity contribution in [2.45, 2.75) is 273 Å². The Morgan fingerprint density at radius 2 is 0.333 bits per heavy atom. The van der Waals surface area contributed by atoms with Gasteiger partial charge in [0.05, 0.1) is 0 Å². The third-order valence-corrected chi connectivity index (χ3v) is 43.9. The van der Waals surface area contributed by atoms with Crippen LogP contribution in [0.4, 0.5) is 0 Å². The van der Waals surface area contributed by atoms with Crippen molar-refractivity contribution in [1.82, 2.24) is 0 Å². The van der Waals surface area contributed by atoms with Crippen LogP contribution in [-0.4, -0.2) is 37.0 Å². The second kappa shape index (κ2) is 41.2. The third-order valence-electron chi connectivity index (χ3n) is 12.1. The summed E-state index contributed by atoms with van der Waals surface area (Å²) in [5.74, 6) is 0. The third kappa shape index (κ3) is 33.4. The Hall–Kier alpha value is 1.52. The summed E-state index contributed by atoms with van der Waals surface area (Å²) in [7, 11) is 0. The van der Waals surface area contributed by atoms with Gasteiger partial charge in [-0.05, 0) is 0 Å². The van der Waals surface area contributed by atoms with Gasteiger partial charge < -0.3 is 0 Å². The summed E-state index contributed by atoms with van der Waals surface area (Å²) >= 11 is 1.21. The van der Waals surface area contributed by atoms with Crippen LogP contribution in [0.3, 0.4) is 0 Å². The predicted molar refractivity (Wildman–Crippen MR) is 246 cm³/mol. The molecule has 0 aromatic heterocycles. The average Bonchev–Trinajstić information content (AvgIpc) is 3.13. The van der Waals surface area contributed by atoms with Crippen molar-refractivity contribution >= 4 is 10.9 Å². The second-order valence-electron chi connectivity index (χ2n) is 17.4. The molecule has 0 unspecified atom stereocenters. The molecule has 316 valence electrons. The van der Waals surface area contributed by atoms with Gasteiger partial charge >= 0.3 is 338 Å². The van der Waals surface area contributed by atoms with Gasteiger partial charge in [-0.1, -0.05) is 0 Å². The molecule has 0 nitrogen and oxygen atoms in total. The van der Waals surface area contributed by atoms with Gasteiger partial charge in [0, 0.05) is 0 Å². The van der Waals surface area contributed by atoms with Crippen molar-refractivity contribution in [2.24, 2.45) is 0 Å². The van der Waals surface area contributed by atoms with E-state index in [1.54, 1.807) is 114 Å². The summed E-state index contributed by atoms with van der Waals surface area (Å²) in [6, 6.07) is 0. The molecule has 0 aromatic rings. The van der Waals surface area contributed by atoms with E-state index in [1.807, 2.05) is 0 Å². The number of unbranched alkanes of at least 4 members (excludes halogenated alkanes) is 30. The van der Waals surface area contributed by atoms with Gasteiger partial charge in [0.15, 0.2) is 0 Å². The van der Waals surface area contributed by atoms with Crippen LogP contribution in [0.5, 0.6) is 0 Å². The fourth-order valence-corrected chi connectivity index (χ4v) is 51.2. The molecular formula is C48H104P2Pd. The van der Waals surface area contributed by atoms with E-state index < -0.39 is 10.9 Å². The first kappa shape index (κ1) is 52.5. The van der Waals surface area contributed by atoms with E-state index in [1.165, 1.54) is 171 Å². The van der Waals surface area contributed by atoms with Crippen LogP contribution in [0.25, 0.3) is 0 Å². The zero-order valence-electron chi connectivity index (χ0n) is 37.0. The standard InChI is InChI=1S/2C24H51P.Pd/c2*1-4-7-10-13-16-19-22-25(23-20-17-14-11-8-5-2)24-21-18-15-12-9-6-3;/h2*4-24H2,1-3H3;/q;;-2/p+2. The fourth-order valence-electron chi connectivity index (χ4n) is 8.61. The molecule has 0 aliphatic rings. The molecular weight excluding hydrogens is 745 g/mol. The molecule has 0 amide bonds. The van der Waals surface area contributed by atoms with Crippen molar-refractivity contribution < 1.29 is 17.0 Å². The van der Waals surface area contributed by atoms with Gasteiger partial charge in [-0.15, -0.1) is 0 Å². The molecule has 0 rings (SSSR count). The normalized spacial score (nSPS) is 13.1. The molecule has 3 heteroatoms. The summed E-state index contributed by atoms with van der Waals surface area (Å²) in [4.78, 5) is 0. The van der Waals surface area contributed by atoms with Crippen LogP contribution in [0.1, 0.15) is 273 Å². The van der Waals surface area contributed by atoms with Gasteiger partial charge in [-0.2, -0.15) is 0 Å². The van der Waals surface area contributed by atoms with E-state index >= 15 is 0 Å². The molecule has 0 aliphatic heterocycles. The Bertz CT molecular complexity index is 516.